The van der Waals surface area contributed by atoms with Crippen LogP contribution in [0.3, 0.4) is 0 Å². The van der Waals surface area contributed by atoms with Gasteiger partial charge in [-0.3, -0.25) is 0 Å². The Bertz CT molecular complexity index is 972. The molecule has 2 aromatic heterocycles. The fraction of sp³-hybridized carbons (Fsp3) is 0.0455. The molecule has 0 aliphatic carbocycles. The SMILES string of the molecule is Cc1ccc(-c2ccnc(Nc3ccc(-c4ccccc4)cc3)c2)o1. The third-order valence-corrected chi connectivity index (χ3v) is 4.05. The quantitative estimate of drug-likeness (QED) is 0.495. The summed E-state index contributed by atoms with van der Waals surface area (Å²) < 4.78 is 5.68. The Morgan fingerprint density at radius 1 is 0.760 bits per heavy atom. The van der Waals surface area contributed by atoms with Crippen LogP contribution < -0.4 is 5.32 Å². The second kappa shape index (κ2) is 6.65. The summed E-state index contributed by atoms with van der Waals surface area (Å²) in [5.74, 6) is 2.54. The van der Waals surface area contributed by atoms with Gasteiger partial charge in [-0.15, -0.1) is 0 Å². The number of benzene rings is 2. The highest BCUT2D eigenvalue weighted by Gasteiger charge is 2.05. The topological polar surface area (TPSA) is 38.1 Å². The molecule has 3 nitrogen and oxygen atoms in total. The average Bonchev–Trinajstić information content (AvgIpc) is 3.10. The van der Waals surface area contributed by atoms with E-state index in [-0.39, 0.29) is 0 Å². The van der Waals surface area contributed by atoms with Crippen molar-refractivity contribution in [1.29, 1.82) is 0 Å². The third-order valence-electron chi connectivity index (χ3n) is 4.05. The van der Waals surface area contributed by atoms with E-state index in [0.717, 1.165) is 28.6 Å². The fourth-order valence-corrected chi connectivity index (χ4v) is 2.77. The number of anilines is 2. The van der Waals surface area contributed by atoms with Crippen molar-refractivity contribution in [2.45, 2.75) is 6.92 Å². The molecule has 4 aromatic rings. The van der Waals surface area contributed by atoms with Crippen molar-refractivity contribution in [1.82, 2.24) is 4.98 Å². The monoisotopic (exact) mass is 326 g/mol. The van der Waals surface area contributed by atoms with Crippen LogP contribution in [0.25, 0.3) is 22.5 Å². The van der Waals surface area contributed by atoms with Crippen molar-refractivity contribution >= 4 is 11.5 Å². The predicted molar refractivity (Wildman–Crippen MR) is 102 cm³/mol. The largest absolute Gasteiger partial charge is 0.461 e. The molecule has 0 saturated heterocycles. The number of aryl methyl sites for hydroxylation is 1. The van der Waals surface area contributed by atoms with Crippen LogP contribution in [0.5, 0.6) is 0 Å². The lowest BCUT2D eigenvalue weighted by Gasteiger charge is -2.08. The van der Waals surface area contributed by atoms with E-state index < -0.39 is 0 Å². The van der Waals surface area contributed by atoms with Crippen molar-refractivity contribution in [3.05, 3.63) is 90.8 Å². The Labute approximate surface area is 147 Å². The van der Waals surface area contributed by atoms with Crippen molar-refractivity contribution in [2.24, 2.45) is 0 Å². The summed E-state index contributed by atoms with van der Waals surface area (Å²) in [6.07, 6.45) is 1.79. The molecule has 0 amide bonds. The molecule has 0 atom stereocenters. The molecular formula is C22H18N2O. The lowest BCUT2D eigenvalue weighted by molar-refractivity contribution is 0.548. The van der Waals surface area contributed by atoms with E-state index in [9.17, 15) is 0 Å². The Hall–Kier alpha value is -3.33. The molecule has 0 radical (unpaired) electrons. The Kier molecular flexibility index (Phi) is 4.05. The molecule has 0 unspecified atom stereocenters. The van der Waals surface area contributed by atoms with E-state index in [0.29, 0.717) is 0 Å². The number of hydrogen-bond donors (Lipinski definition) is 1. The van der Waals surface area contributed by atoms with Gasteiger partial charge in [-0.05, 0) is 54.4 Å². The van der Waals surface area contributed by atoms with E-state index in [1.54, 1.807) is 6.20 Å². The predicted octanol–water partition coefficient (Wildman–Crippen LogP) is 6.06. The zero-order valence-electron chi connectivity index (χ0n) is 13.9. The lowest BCUT2D eigenvalue weighted by atomic mass is 10.1. The summed E-state index contributed by atoms with van der Waals surface area (Å²) in [6, 6.07) is 26.6. The maximum absolute atomic E-state index is 5.68. The van der Waals surface area contributed by atoms with Gasteiger partial charge in [-0.2, -0.15) is 0 Å². The van der Waals surface area contributed by atoms with Gasteiger partial charge in [0.1, 0.15) is 17.3 Å². The second-order valence-corrected chi connectivity index (χ2v) is 5.91. The molecule has 4 rings (SSSR count). The van der Waals surface area contributed by atoms with E-state index in [1.807, 2.05) is 49.4 Å². The number of furan rings is 1. The molecule has 25 heavy (non-hydrogen) atoms. The summed E-state index contributed by atoms with van der Waals surface area (Å²) in [4.78, 5) is 4.39. The van der Waals surface area contributed by atoms with Crippen molar-refractivity contribution in [3.8, 4) is 22.5 Å². The molecule has 122 valence electrons. The fourth-order valence-electron chi connectivity index (χ4n) is 2.77. The molecule has 2 aromatic carbocycles. The van der Waals surface area contributed by atoms with E-state index in [2.05, 4.69) is 46.7 Å². The zero-order chi connectivity index (χ0) is 17.1. The number of nitrogens with one attached hydrogen (secondary N) is 1. The maximum atomic E-state index is 5.68. The molecule has 0 saturated carbocycles. The number of pyridine rings is 1. The minimum atomic E-state index is 0.791. The second-order valence-electron chi connectivity index (χ2n) is 5.91. The van der Waals surface area contributed by atoms with Gasteiger partial charge in [-0.25, -0.2) is 4.98 Å². The highest BCUT2D eigenvalue weighted by molar-refractivity contribution is 5.69. The van der Waals surface area contributed by atoms with Crippen LogP contribution in [0.1, 0.15) is 5.76 Å². The highest BCUT2D eigenvalue weighted by Crippen LogP contribution is 2.26. The number of nitrogens with zero attached hydrogens (tertiary/aromatic N) is 1. The number of hydrogen-bond acceptors (Lipinski definition) is 3. The standard InChI is InChI=1S/C22H18N2O/c1-16-7-12-21(25-16)19-13-14-23-22(15-19)24-20-10-8-18(9-11-20)17-5-3-2-4-6-17/h2-15H,1H3,(H,23,24). The van der Waals surface area contributed by atoms with Gasteiger partial charge in [-0.1, -0.05) is 42.5 Å². The van der Waals surface area contributed by atoms with Gasteiger partial charge < -0.3 is 9.73 Å². The first kappa shape index (κ1) is 15.2. The first-order chi connectivity index (χ1) is 12.3. The van der Waals surface area contributed by atoms with Crippen molar-refractivity contribution in [3.63, 3.8) is 0 Å². The highest BCUT2D eigenvalue weighted by atomic mass is 16.3. The van der Waals surface area contributed by atoms with Gasteiger partial charge in [0.05, 0.1) is 0 Å². The summed E-state index contributed by atoms with van der Waals surface area (Å²) in [5.41, 5.74) is 4.41. The van der Waals surface area contributed by atoms with Crippen molar-refractivity contribution < 1.29 is 4.42 Å². The molecule has 0 fully saturated rings. The first-order valence-corrected chi connectivity index (χ1v) is 8.23. The summed E-state index contributed by atoms with van der Waals surface area (Å²) >= 11 is 0. The van der Waals surface area contributed by atoms with Crippen LogP contribution in [-0.2, 0) is 0 Å². The Morgan fingerprint density at radius 3 is 2.24 bits per heavy atom. The summed E-state index contributed by atoms with van der Waals surface area (Å²) in [7, 11) is 0. The van der Waals surface area contributed by atoms with Crippen LogP contribution >= 0.6 is 0 Å². The summed E-state index contributed by atoms with van der Waals surface area (Å²) in [5, 5.41) is 3.35. The minimum Gasteiger partial charge on any atom is -0.461 e. The Balaban J connectivity index is 1.54. The minimum absolute atomic E-state index is 0.791. The van der Waals surface area contributed by atoms with Crippen LogP contribution in [0.2, 0.25) is 0 Å². The van der Waals surface area contributed by atoms with E-state index >= 15 is 0 Å². The van der Waals surface area contributed by atoms with Gasteiger partial charge in [0, 0.05) is 17.4 Å². The number of rotatable bonds is 4. The molecule has 0 spiro atoms. The van der Waals surface area contributed by atoms with Gasteiger partial charge in [0.2, 0.25) is 0 Å². The molecule has 2 heterocycles. The van der Waals surface area contributed by atoms with Gasteiger partial charge >= 0.3 is 0 Å². The molecule has 1 N–H and O–H groups in total. The smallest absolute Gasteiger partial charge is 0.134 e. The van der Waals surface area contributed by atoms with Gasteiger partial charge in [0.15, 0.2) is 0 Å². The molecule has 0 aliphatic heterocycles. The first-order valence-electron chi connectivity index (χ1n) is 8.23. The average molecular weight is 326 g/mol. The maximum Gasteiger partial charge on any atom is 0.134 e. The molecule has 3 heteroatoms. The van der Waals surface area contributed by atoms with Crippen LogP contribution in [0.15, 0.2) is 89.5 Å². The van der Waals surface area contributed by atoms with Crippen LogP contribution in [-0.4, -0.2) is 4.98 Å². The molecular weight excluding hydrogens is 308 g/mol. The lowest BCUT2D eigenvalue weighted by Crippen LogP contribution is -1.93. The molecule has 0 aliphatic rings. The number of aromatic nitrogens is 1. The van der Waals surface area contributed by atoms with E-state index in [4.69, 9.17) is 4.42 Å². The van der Waals surface area contributed by atoms with E-state index in [1.165, 1.54) is 11.1 Å². The van der Waals surface area contributed by atoms with Crippen LogP contribution in [0.4, 0.5) is 11.5 Å². The Morgan fingerprint density at radius 2 is 1.52 bits per heavy atom. The summed E-state index contributed by atoms with van der Waals surface area (Å²) in [6.45, 7) is 1.94. The van der Waals surface area contributed by atoms with Crippen LogP contribution in [0, 0.1) is 6.92 Å². The zero-order valence-corrected chi connectivity index (χ0v) is 13.9. The van der Waals surface area contributed by atoms with Gasteiger partial charge in [0.25, 0.3) is 0 Å². The third kappa shape index (κ3) is 3.45. The normalized spacial score (nSPS) is 10.6. The molecule has 0 bridgehead atoms. The van der Waals surface area contributed by atoms with Crippen molar-refractivity contribution in [2.75, 3.05) is 5.32 Å².